The van der Waals surface area contributed by atoms with Crippen molar-refractivity contribution in [2.45, 2.75) is 19.9 Å². The second kappa shape index (κ2) is 5.73. The quantitative estimate of drug-likeness (QED) is 0.749. The number of rotatable bonds is 4. The highest BCUT2D eigenvalue weighted by Gasteiger charge is 2.12. The summed E-state index contributed by atoms with van der Waals surface area (Å²) in [4.78, 5) is 19.8. The number of carbonyl (C=O) groups excluding carboxylic acids is 1. The Labute approximate surface area is 132 Å². The van der Waals surface area contributed by atoms with Gasteiger partial charge in [-0.2, -0.15) is 5.10 Å². The van der Waals surface area contributed by atoms with Crippen molar-refractivity contribution < 1.29 is 4.79 Å². The maximum absolute atomic E-state index is 11.1. The lowest BCUT2D eigenvalue weighted by Crippen LogP contribution is -2.11. The Kier molecular flexibility index (Phi) is 3.77. The molecule has 0 fully saturated rings. The fourth-order valence-corrected chi connectivity index (χ4v) is 2.32. The molecular formula is C15H14ClN5O. The van der Waals surface area contributed by atoms with Gasteiger partial charge in [-0.25, -0.2) is 9.50 Å². The van der Waals surface area contributed by atoms with E-state index in [-0.39, 0.29) is 6.04 Å². The highest BCUT2D eigenvalue weighted by atomic mass is 35.5. The molecule has 0 saturated carbocycles. The molecule has 0 unspecified atom stereocenters. The first-order valence-corrected chi connectivity index (χ1v) is 7.17. The maximum Gasteiger partial charge on any atom is 0.164 e. The number of halogens is 1. The van der Waals surface area contributed by atoms with Gasteiger partial charge in [0.05, 0.1) is 34.2 Å². The smallest absolute Gasteiger partial charge is 0.164 e. The lowest BCUT2D eigenvalue weighted by molar-refractivity contribution is 0.112. The number of pyridine rings is 1. The third-order valence-corrected chi connectivity index (χ3v) is 3.30. The van der Waals surface area contributed by atoms with Crippen LogP contribution in [0, 0.1) is 0 Å². The molecule has 3 heterocycles. The Morgan fingerprint density at radius 3 is 2.82 bits per heavy atom. The van der Waals surface area contributed by atoms with Crippen molar-refractivity contribution in [1.29, 1.82) is 0 Å². The lowest BCUT2D eigenvalue weighted by Gasteiger charge is -2.12. The van der Waals surface area contributed by atoms with Gasteiger partial charge in [-0.05, 0) is 19.9 Å². The molecule has 0 bridgehead atoms. The van der Waals surface area contributed by atoms with Crippen LogP contribution in [0.25, 0.3) is 16.9 Å². The van der Waals surface area contributed by atoms with E-state index in [9.17, 15) is 4.79 Å². The molecule has 0 aromatic carbocycles. The number of hydrogen-bond donors (Lipinski definition) is 1. The highest BCUT2D eigenvalue weighted by molar-refractivity contribution is 6.30. The number of aromatic nitrogens is 4. The molecule has 0 saturated heterocycles. The Hall–Kier alpha value is -2.47. The number of nitrogens with one attached hydrogen (secondary N) is 1. The van der Waals surface area contributed by atoms with Gasteiger partial charge in [0.15, 0.2) is 11.9 Å². The van der Waals surface area contributed by atoms with Gasteiger partial charge in [0, 0.05) is 24.1 Å². The number of fused-ring (bicyclic) bond motifs is 1. The molecule has 3 aromatic rings. The van der Waals surface area contributed by atoms with Crippen molar-refractivity contribution >= 4 is 29.2 Å². The molecule has 3 aromatic heterocycles. The normalized spacial score (nSPS) is 11.1. The van der Waals surface area contributed by atoms with Gasteiger partial charge in [0.1, 0.15) is 0 Å². The summed E-state index contributed by atoms with van der Waals surface area (Å²) >= 11 is 5.91. The predicted molar refractivity (Wildman–Crippen MR) is 85.4 cm³/mol. The van der Waals surface area contributed by atoms with Gasteiger partial charge in [-0.3, -0.25) is 9.78 Å². The van der Waals surface area contributed by atoms with Crippen molar-refractivity contribution in [3.05, 3.63) is 41.4 Å². The van der Waals surface area contributed by atoms with Crippen LogP contribution in [0.4, 0.5) is 5.69 Å². The van der Waals surface area contributed by atoms with E-state index in [1.54, 1.807) is 29.3 Å². The Morgan fingerprint density at radius 2 is 2.09 bits per heavy atom. The molecule has 0 amide bonds. The number of aldehydes is 1. The van der Waals surface area contributed by atoms with E-state index in [0.717, 1.165) is 17.5 Å². The molecule has 1 N–H and O–H groups in total. The van der Waals surface area contributed by atoms with E-state index in [1.165, 1.54) is 0 Å². The van der Waals surface area contributed by atoms with Crippen molar-refractivity contribution in [3.8, 4) is 11.3 Å². The molecular weight excluding hydrogens is 302 g/mol. The Morgan fingerprint density at radius 1 is 1.27 bits per heavy atom. The SMILES string of the molecule is CC(C)Nc1cc(-c2cnn3cc(Cl)cnc23)ncc1C=O. The summed E-state index contributed by atoms with van der Waals surface area (Å²) in [6.07, 6.45) is 7.26. The topological polar surface area (TPSA) is 72.2 Å². The van der Waals surface area contributed by atoms with Gasteiger partial charge < -0.3 is 5.32 Å². The van der Waals surface area contributed by atoms with Gasteiger partial charge in [-0.15, -0.1) is 0 Å². The minimum absolute atomic E-state index is 0.204. The second-order valence-electron chi connectivity index (χ2n) is 5.17. The van der Waals surface area contributed by atoms with Crippen LogP contribution in [0.1, 0.15) is 24.2 Å². The average molecular weight is 316 g/mol. The first-order chi connectivity index (χ1) is 10.6. The van der Waals surface area contributed by atoms with E-state index < -0.39 is 0 Å². The van der Waals surface area contributed by atoms with Crippen LogP contribution in [0.2, 0.25) is 5.02 Å². The fraction of sp³-hybridized carbons (Fsp3) is 0.200. The minimum atomic E-state index is 0.204. The van der Waals surface area contributed by atoms with E-state index in [1.807, 2.05) is 19.9 Å². The third kappa shape index (κ3) is 2.65. The number of nitrogens with zero attached hydrogens (tertiary/aromatic N) is 4. The molecule has 22 heavy (non-hydrogen) atoms. The zero-order valence-electron chi connectivity index (χ0n) is 12.1. The number of anilines is 1. The molecule has 112 valence electrons. The molecule has 3 rings (SSSR count). The average Bonchev–Trinajstić information content (AvgIpc) is 2.89. The molecule has 0 spiro atoms. The van der Waals surface area contributed by atoms with Gasteiger partial charge in [0.2, 0.25) is 0 Å². The van der Waals surface area contributed by atoms with Gasteiger partial charge in [-0.1, -0.05) is 11.6 Å². The van der Waals surface area contributed by atoms with Crippen molar-refractivity contribution in [2.24, 2.45) is 0 Å². The first-order valence-electron chi connectivity index (χ1n) is 6.79. The van der Waals surface area contributed by atoms with Crippen molar-refractivity contribution in [1.82, 2.24) is 19.6 Å². The van der Waals surface area contributed by atoms with Crippen molar-refractivity contribution in [3.63, 3.8) is 0 Å². The number of carbonyl (C=O) groups is 1. The molecule has 7 heteroatoms. The molecule has 0 aliphatic carbocycles. The molecule has 0 atom stereocenters. The van der Waals surface area contributed by atoms with Gasteiger partial charge >= 0.3 is 0 Å². The predicted octanol–water partition coefficient (Wildman–Crippen LogP) is 3.08. The van der Waals surface area contributed by atoms with E-state index >= 15 is 0 Å². The zero-order valence-corrected chi connectivity index (χ0v) is 12.9. The minimum Gasteiger partial charge on any atom is -0.382 e. The van der Waals surface area contributed by atoms with Crippen LogP contribution in [-0.4, -0.2) is 31.9 Å². The van der Waals surface area contributed by atoms with Crippen LogP contribution in [0.5, 0.6) is 0 Å². The van der Waals surface area contributed by atoms with Crippen LogP contribution < -0.4 is 5.32 Å². The summed E-state index contributed by atoms with van der Waals surface area (Å²) in [6, 6.07) is 2.03. The summed E-state index contributed by atoms with van der Waals surface area (Å²) in [5.74, 6) is 0. The van der Waals surface area contributed by atoms with Crippen LogP contribution >= 0.6 is 11.6 Å². The summed E-state index contributed by atoms with van der Waals surface area (Å²) in [5, 5.41) is 7.98. The molecule has 0 aliphatic rings. The largest absolute Gasteiger partial charge is 0.382 e. The highest BCUT2D eigenvalue weighted by Crippen LogP contribution is 2.26. The number of hydrogen-bond acceptors (Lipinski definition) is 5. The summed E-state index contributed by atoms with van der Waals surface area (Å²) in [6.45, 7) is 4.02. The maximum atomic E-state index is 11.1. The monoisotopic (exact) mass is 315 g/mol. The third-order valence-electron chi connectivity index (χ3n) is 3.11. The van der Waals surface area contributed by atoms with E-state index in [4.69, 9.17) is 11.6 Å². The molecule has 0 radical (unpaired) electrons. The summed E-state index contributed by atoms with van der Waals surface area (Å²) < 4.78 is 1.60. The van der Waals surface area contributed by atoms with Crippen molar-refractivity contribution in [2.75, 3.05) is 5.32 Å². The molecule has 6 nitrogen and oxygen atoms in total. The van der Waals surface area contributed by atoms with Gasteiger partial charge in [0.25, 0.3) is 0 Å². The van der Waals surface area contributed by atoms with E-state index in [0.29, 0.717) is 21.9 Å². The van der Waals surface area contributed by atoms with E-state index in [2.05, 4.69) is 20.4 Å². The lowest BCUT2D eigenvalue weighted by atomic mass is 10.1. The Bertz CT molecular complexity index is 843. The molecule has 0 aliphatic heterocycles. The standard InChI is InChI=1S/C15H14ClN5O/c1-9(2)20-13-3-14(17-4-10(13)8-22)12-6-19-21-7-11(16)5-18-15(12)21/h3-9H,1-2H3,(H,17,20). The van der Waals surface area contributed by atoms with Crippen LogP contribution in [0.3, 0.4) is 0 Å². The van der Waals surface area contributed by atoms with Crippen LogP contribution in [-0.2, 0) is 0 Å². The first kappa shape index (κ1) is 14.5. The second-order valence-corrected chi connectivity index (χ2v) is 5.61. The summed E-state index contributed by atoms with van der Waals surface area (Å²) in [7, 11) is 0. The van der Waals surface area contributed by atoms with Crippen LogP contribution in [0.15, 0.2) is 30.9 Å². The Balaban J connectivity index is 2.12. The summed E-state index contributed by atoms with van der Waals surface area (Å²) in [5.41, 5.74) is 3.39. The zero-order chi connectivity index (χ0) is 15.7. The fourth-order valence-electron chi connectivity index (χ4n) is 2.18.